The van der Waals surface area contributed by atoms with Crippen molar-refractivity contribution in [2.75, 3.05) is 5.32 Å². The molecule has 0 spiro atoms. The van der Waals surface area contributed by atoms with Gasteiger partial charge < -0.3 is 5.32 Å². The smallest absolute Gasteiger partial charge is 0.153 e. The summed E-state index contributed by atoms with van der Waals surface area (Å²) >= 11 is 6.03. The fourth-order valence-corrected chi connectivity index (χ4v) is 2.65. The average Bonchev–Trinajstić information content (AvgIpc) is 2.92. The van der Waals surface area contributed by atoms with Gasteiger partial charge in [-0.05, 0) is 49.7 Å². The number of nitrogens with zero attached hydrogens (tertiary/aromatic N) is 4. The van der Waals surface area contributed by atoms with Crippen LogP contribution in [0.2, 0.25) is 5.02 Å². The minimum absolute atomic E-state index is 0.445. The summed E-state index contributed by atoms with van der Waals surface area (Å²) in [6.45, 7) is 4.59. The van der Waals surface area contributed by atoms with Gasteiger partial charge in [-0.3, -0.25) is 0 Å². The molecule has 0 bridgehead atoms. The van der Waals surface area contributed by atoms with Crippen LogP contribution >= 0.6 is 11.6 Å². The zero-order valence-electron chi connectivity index (χ0n) is 13.4. The molecule has 3 rings (SSSR count). The van der Waals surface area contributed by atoms with E-state index in [2.05, 4.69) is 15.4 Å². The quantitative estimate of drug-likeness (QED) is 0.780. The fourth-order valence-electron chi connectivity index (χ4n) is 2.43. The second-order valence-corrected chi connectivity index (χ2v) is 5.93. The first kappa shape index (κ1) is 16.0. The number of benzene rings is 1. The molecular formula is C18H16ClN5. The van der Waals surface area contributed by atoms with Crippen molar-refractivity contribution in [3.05, 3.63) is 70.1 Å². The van der Waals surface area contributed by atoms with Crippen LogP contribution in [0.15, 0.2) is 42.6 Å². The molecule has 120 valence electrons. The van der Waals surface area contributed by atoms with Crippen LogP contribution in [0, 0.1) is 25.2 Å². The molecule has 3 aromatic rings. The van der Waals surface area contributed by atoms with Crippen molar-refractivity contribution in [1.29, 1.82) is 5.26 Å². The number of nitriles is 1. The van der Waals surface area contributed by atoms with E-state index in [-0.39, 0.29) is 0 Å². The second-order valence-electron chi connectivity index (χ2n) is 5.52. The molecule has 0 atom stereocenters. The lowest BCUT2D eigenvalue weighted by Gasteiger charge is -2.08. The first-order valence-electron chi connectivity index (χ1n) is 7.49. The topological polar surface area (TPSA) is 66.5 Å². The Morgan fingerprint density at radius 2 is 2.04 bits per heavy atom. The summed E-state index contributed by atoms with van der Waals surface area (Å²) in [6.07, 6.45) is 1.82. The molecule has 6 heteroatoms. The van der Waals surface area contributed by atoms with Gasteiger partial charge in [0.1, 0.15) is 6.07 Å². The summed E-state index contributed by atoms with van der Waals surface area (Å²) in [5, 5.41) is 17.0. The van der Waals surface area contributed by atoms with Crippen LogP contribution in [0.1, 0.15) is 22.5 Å². The molecule has 0 unspecified atom stereocenters. The molecule has 1 N–H and O–H groups in total. The third-order valence-corrected chi connectivity index (χ3v) is 3.93. The fraction of sp³-hybridized carbons (Fsp3) is 0.167. The van der Waals surface area contributed by atoms with E-state index in [1.165, 1.54) is 0 Å². The Balaban J connectivity index is 1.70. The van der Waals surface area contributed by atoms with Crippen LogP contribution in [-0.2, 0) is 6.54 Å². The first-order chi connectivity index (χ1) is 11.6. The molecular weight excluding hydrogens is 322 g/mol. The normalized spacial score (nSPS) is 10.4. The standard InChI is InChI=1S/C18H16ClN5/c1-12-7-13(2)24(23-12)18-6-3-14(11-22-18)10-21-16-5-4-15(9-20)17(19)8-16/h3-8,11,21H,10H2,1-2H3. The van der Waals surface area contributed by atoms with Gasteiger partial charge in [-0.2, -0.15) is 10.4 Å². The minimum Gasteiger partial charge on any atom is -0.381 e. The van der Waals surface area contributed by atoms with E-state index in [0.29, 0.717) is 17.1 Å². The van der Waals surface area contributed by atoms with E-state index < -0.39 is 0 Å². The van der Waals surface area contributed by atoms with Crippen molar-refractivity contribution in [3.63, 3.8) is 0 Å². The molecule has 0 radical (unpaired) electrons. The van der Waals surface area contributed by atoms with Crippen molar-refractivity contribution in [2.45, 2.75) is 20.4 Å². The molecule has 0 aliphatic heterocycles. The Morgan fingerprint density at radius 3 is 2.62 bits per heavy atom. The van der Waals surface area contributed by atoms with Crippen LogP contribution in [0.3, 0.4) is 0 Å². The highest BCUT2D eigenvalue weighted by Gasteiger charge is 2.05. The van der Waals surface area contributed by atoms with Gasteiger partial charge in [0, 0.05) is 24.1 Å². The average molecular weight is 338 g/mol. The molecule has 2 heterocycles. The second kappa shape index (κ2) is 6.73. The molecule has 5 nitrogen and oxygen atoms in total. The molecule has 0 amide bonds. The molecule has 24 heavy (non-hydrogen) atoms. The number of halogens is 1. The van der Waals surface area contributed by atoms with E-state index in [9.17, 15) is 0 Å². The van der Waals surface area contributed by atoms with Gasteiger partial charge in [-0.1, -0.05) is 17.7 Å². The molecule has 1 aromatic carbocycles. The number of hydrogen-bond donors (Lipinski definition) is 1. The third-order valence-electron chi connectivity index (χ3n) is 3.62. The maximum atomic E-state index is 8.89. The Labute approximate surface area is 145 Å². The number of nitrogens with one attached hydrogen (secondary N) is 1. The molecule has 0 aliphatic carbocycles. The SMILES string of the molecule is Cc1cc(C)n(-c2ccc(CNc3ccc(C#N)c(Cl)c3)cn2)n1. The first-order valence-corrected chi connectivity index (χ1v) is 7.87. The lowest BCUT2D eigenvalue weighted by molar-refractivity contribution is 0.804. The summed E-state index contributed by atoms with van der Waals surface area (Å²) in [5.41, 5.74) is 4.40. The van der Waals surface area contributed by atoms with Gasteiger partial charge in [0.2, 0.25) is 0 Å². The highest BCUT2D eigenvalue weighted by molar-refractivity contribution is 6.32. The number of rotatable bonds is 4. The number of hydrogen-bond acceptors (Lipinski definition) is 4. The Morgan fingerprint density at radius 1 is 1.21 bits per heavy atom. The summed E-state index contributed by atoms with van der Waals surface area (Å²) < 4.78 is 1.83. The highest BCUT2D eigenvalue weighted by Crippen LogP contribution is 2.20. The van der Waals surface area contributed by atoms with Crippen molar-refractivity contribution < 1.29 is 0 Å². The monoisotopic (exact) mass is 337 g/mol. The number of aromatic nitrogens is 3. The van der Waals surface area contributed by atoms with Crippen LogP contribution in [0.4, 0.5) is 5.69 Å². The van der Waals surface area contributed by atoms with Gasteiger partial charge in [-0.15, -0.1) is 0 Å². The predicted octanol–water partition coefficient (Wildman–Crippen LogP) is 4.02. The summed E-state index contributed by atoms with van der Waals surface area (Å²) in [5.74, 6) is 0.797. The van der Waals surface area contributed by atoms with E-state index >= 15 is 0 Å². The number of pyridine rings is 1. The molecule has 0 saturated carbocycles. The van der Waals surface area contributed by atoms with E-state index in [0.717, 1.165) is 28.5 Å². The minimum atomic E-state index is 0.445. The van der Waals surface area contributed by atoms with Crippen molar-refractivity contribution in [1.82, 2.24) is 14.8 Å². The van der Waals surface area contributed by atoms with E-state index in [1.807, 2.05) is 55.1 Å². The summed E-state index contributed by atoms with van der Waals surface area (Å²) in [4.78, 5) is 4.47. The maximum absolute atomic E-state index is 8.89. The number of anilines is 1. The largest absolute Gasteiger partial charge is 0.381 e. The van der Waals surface area contributed by atoms with E-state index in [1.54, 1.807) is 12.1 Å². The van der Waals surface area contributed by atoms with Gasteiger partial charge in [0.15, 0.2) is 5.82 Å². The highest BCUT2D eigenvalue weighted by atomic mass is 35.5. The Hall–Kier alpha value is -2.84. The Bertz CT molecular complexity index is 906. The summed E-state index contributed by atoms with van der Waals surface area (Å²) in [6, 6.07) is 13.3. The van der Waals surface area contributed by atoms with Crippen molar-refractivity contribution in [2.24, 2.45) is 0 Å². The van der Waals surface area contributed by atoms with Crippen LogP contribution in [0.25, 0.3) is 5.82 Å². The van der Waals surface area contributed by atoms with Gasteiger partial charge in [-0.25, -0.2) is 9.67 Å². The van der Waals surface area contributed by atoms with Crippen molar-refractivity contribution >= 4 is 17.3 Å². The lowest BCUT2D eigenvalue weighted by atomic mass is 10.2. The van der Waals surface area contributed by atoms with E-state index in [4.69, 9.17) is 16.9 Å². The maximum Gasteiger partial charge on any atom is 0.153 e. The third kappa shape index (κ3) is 3.39. The van der Waals surface area contributed by atoms with Crippen LogP contribution in [0.5, 0.6) is 0 Å². The lowest BCUT2D eigenvalue weighted by Crippen LogP contribution is -2.04. The van der Waals surface area contributed by atoms with Gasteiger partial charge in [0.25, 0.3) is 0 Å². The van der Waals surface area contributed by atoms with Crippen LogP contribution < -0.4 is 5.32 Å². The zero-order chi connectivity index (χ0) is 17.1. The predicted molar refractivity (Wildman–Crippen MR) is 94.3 cm³/mol. The van der Waals surface area contributed by atoms with Gasteiger partial charge in [0.05, 0.1) is 16.3 Å². The number of aryl methyl sites for hydroxylation is 2. The van der Waals surface area contributed by atoms with Gasteiger partial charge >= 0.3 is 0 Å². The molecule has 0 aliphatic rings. The molecule has 2 aromatic heterocycles. The Kier molecular flexibility index (Phi) is 4.50. The molecule has 0 fully saturated rings. The van der Waals surface area contributed by atoms with Crippen molar-refractivity contribution in [3.8, 4) is 11.9 Å². The molecule has 0 saturated heterocycles. The zero-order valence-corrected chi connectivity index (χ0v) is 14.2. The van der Waals surface area contributed by atoms with Crippen LogP contribution in [-0.4, -0.2) is 14.8 Å². The summed E-state index contributed by atoms with van der Waals surface area (Å²) in [7, 11) is 0.